The molecule has 3 rings (SSSR count). The summed E-state index contributed by atoms with van der Waals surface area (Å²) >= 11 is 1.49. The third-order valence-electron chi connectivity index (χ3n) is 4.22. The number of anilines is 2. The number of benzene rings is 2. The van der Waals surface area contributed by atoms with Crippen molar-refractivity contribution in [2.24, 2.45) is 0 Å². The van der Waals surface area contributed by atoms with Gasteiger partial charge >= 0.3 is 5.97 Å². The lowest BCUT2D eigenvalue weighted by Gasteiger charge is -2.28. The zero-order chi connectivity index (χ0) is 20.1. The van der Waals surface area contributed by atoms with Crippen molar-refractivity contribution in [3.8, 4) is 0 Å². The molecule has 0 spiro atoms. The summed E-state index contributed by atoms with van der Waals surface area (Å²) in [5.41, 5.74) is 3.56. The summed E-state index contributed by atoms with van der Waals surface area (Å²) in [5, 5.41) is 2.72. The van der Waals surface area contributed by atoms with Gasteiger partial charge < -0.3 is 15.0 Å². The van der Waals surface area contributed by atoms with Crippen LogP contribution in [0.3, 0.4) is 0 Å². The number of esters is 1. The van der Waals surface area contributed by atoms with E-state index in [1.54, 1.807) is 4.90 Å². The normalized spacial score (nSPS) is 13.1. The SMILES string of the molecule is Cc1cc(C)cc(NC(=O)COC(=O)CCN2C(=O)CSc3ccccc32)c1. The highest BCUT2D eigenvalue weighted by molar-refractivity contribution is 8.00. The first-order valence-corrected chi connectivity index (χ1v) is 9.97. The Kier molecular flexibility index (Phi) is 6.36. The molecule has 2 aromatic carbocycles. The number of amides is 2. The van der Waals surface area contributed by atoms with Gasteiger partial charge in [0, 0.05) is 17.1 Å². The van der Waals surface area contributed by atoms with E-state index < -0.39 is 11.9 Å². The van der Waals surface area contributed by atoms with Gasteiger partial charge in [0.25, 0.3) is 5.91 Å². The van der Waals surface area contributed by atoms with Crippen LogP contribution in [0.25, 0.3) is 0 Å². The molecule has 146 valence electrons. The fraction of sp³-hybridized carbons (Fsp3) is 0.286. The molecule has 2 amide bonds. The van der Waals surface area contributed by atoms with Gasteiger partial charge in [-0.3, -0.25) is 14.4 Å². The first-order chi connectivity index (χ1) is 13.4. The van der Waals surface area contributed by atoms with E-state index in [0.717, 1.165) is 21.7 Å². The van der Waals surface area contributed by atoms with E-state index in [-0.39, 0.29) is 25.5 Å². The number of aryl methyl sites for hydroxylation is 2. The predicted octanol–water partition coefficient (Wildman–Crippen LogP) is 3.31. The molecule has 2 aromatic rings. The Bertz CT molecular complexity index is 893. The third kappa shape index (κ3) is 5.13. The van der Waals surface area contributed by atoms with Gasteiger partial charge in [0.05, 0.1) is 17.9 Å². The van der Waals surface area contributed by atoms with E-state index in [1.165, 1.54) is 11.8 Å². The van der Waals surface area contributed by atoms with E-state index in [1.807, 2.05) is 56.3 Å². The van der Waals surface area contributed by atoms with Crippen molar-refractivity contribution < 1.29 is 19.1 Å². The molecule has 0 aromatic heterocycles. The second kappa shape index (κ2) is 8.93. The number of thioether (sulfide) groups is 1. The van der Waals surface area contributed by atoms with Gasteiger partial charge in [-0.25, -0.2) is 0 Å². The molecule has 0 saturated carbocycles. The molecule has 6 nitrogen and oxygen atoms in total. The highest BCUT2D eigenvalue weighted by atomic mass is 32.2. The van der Waals surface area contributed by atoms with Crippen LogP contribution in [-0.2, 0) is 19.1 Å². The molecule has 28 heavy (non-hydrogen) atoms. The number of ether oxygens (including phenoxy) is 1. The maximum Gasteiger partial charge on any atom is 0.308 e. The largest absolute Gasteiger partial charge is 0.456 e. The summed E-state index contributed by atoms with van der Waals surface area (Å²) < 4.78 is 5.06. The molecule has 0 unspecified atom stereocenters. The van der Waals surface area contributed by atoms with Crippen molar-refractivity contribution in [2.45, 2.75) is 25.2 Å². The topological polar surface area (TPSA) is 75.7 Å². The number of carbonyl (C=O) groups is 3. The second-order valence-electron chi connectivity index (χ2n) is 6.64. The van der Waals surface area contributed by atoms with Crippen LogP contribution in [0.2, 0.25) is 0 Å². The molecule has 7 heteroatoms. The molecule has 0 fully saturated rings. The Balaban J connectivity index is 1.48. The van der Waals surface area contributed by atoms with Crippen LogP contribution in [0, 0.1) is 13.8 Å². The molecule has 0 saturated heterocycles. The van der Waals surface area contributed by atoms with Crippen LogP contribution in [-0.4, -0.2) is 36.7 Å². The number of fused-ring (bicyclic) bond motifs is 1. The fourth-order valence-corrected chi connectivity index (χ4v) is 4.00. The summed E-state index contributed by atoms with van der Waals surface area (Å²) in [6.45, 7) is 3.77. The number of hydrogen-bond donors (Lipinski definition) is 1. The zero-order valence-corrected chi connectivity index (χ0v) is 16.7. The lowest BCUT2D eigenvalue weighted by Crippen LogP contribution is -2.37. The molecule has 1 heterocycles. The summed E-state index contributed by atoms with van der Waals surface area (Å²) in [4.78, 5) is 38.8. The van der Waals surface area contributed by atoms with Gasteiger partial charge in [0.2, 0.25) is 5.91 Å². The Hall–Kier alpha value is -2.80. The molecule has 1 aliphatic rings. The zero-order valence-electron chi connectivity index (χ0n) is 15.9. The number of para-hydroxylation sites is 1. The van der Waals surface area contributed by atoms with Crippen LogP contribution in [0.15, 0.2) is 47.4 Å². The van der Waals surface area contributed by atoms with Gasteiger partial charge in [-0.2, -0.15) is 0 Å². The fourth-order valence-electron chi connectivity index (χ4n) is 3.06. The van der Waals surface area contributed by atoms with E-state index >= 15 is 0 Å². The Morgan fingerprint density at radius 1 is 1.14 bits per heavy atom. The van der Waals surface area contributed by atoms with Crippen LogP contribution in [0.1, 0.15) is 17.5 Å². The Morgan fingerprint density at radius 2 is 1.86 bits per heavy atom. The molecular weight excluding hydrogens is 376 g/mol. The van der Waals surface area contributed by atoms with Crippen molar-refractivity contribution in [3.05, 3.63) is 53.6 Å². The maximum atomic E-state index is 12.2. The molecular formula is C21H22N2O4S. The van der Waals surface area contributed by atoms with Crippen molar-refractivity contribution in [3.63, 3.8) is 0 Å². The average Bonchev–Trinajstić information content (AvgIpc) is 2.64. The number of hydrogen-bond acceptors (Lipinski definition) is 5. The van der Waals surface area contributed by atoms with Crippen molar-refractivity contribution in [2.75, 3.05) is 29.1 Å². The van der Waals surface area contributed by atoms with Crippen LogP contribution in [0.4, 0.5) is 11.4 Å². The monoisotopic (exact) mass is 398 g/mol. The lowest BCUT2D eigenvalue weighted by atomic mass is 10.1. The minimum absolute atomic E-state index is 0.0293. The quantitative estimate of drug-likeness (QED) is 0.756. The van der Waals surface area contributed by atoms with Crippen molar-refractivity contribution in [1.29, 1.82) is 0 Å². The number of rotatable bonds is 6. The summed E-state index contributed by atoms with van der Waals surface area (Å²) in [6.07, 6.45) is 0.0293. The van der Waals surface area contributed by atoms with Crippen molar-refractivity contribution >= 4 is 40.9 Å². The standard InChI is InChI=1S/C21H22N2O4S/c1-14-9-15(2)11-16(10-14)22-19(24)12-27-21(26)7-8-23-17-5-3-4-6-18(17)28-13-20(23)25/h3-6,9-11H,7-8,12-13H2,1-2H3,(H,22,24). The summed E-state index contributed by atoms with van der Waals surface area (Å²) in [6, 6.07) is 13.3. The third-order valence-corrected chi connectivity index (χ3v) is 5.26. The maximum absolute atomic E-state index is 12.2. The van der Waals surface area contributed by atoms with E-state index in [2.05, 4.69) is 5.32 Å². The predicted molar refractivity (Wildman–Crippen MR) is 110 cm³/mol. The number of carbonyl (C=O) groups excluding carboxylic acids is 3. The molecule has 1 N–H and O–H groups in total. The van der Waals surface area contributed by atoms with Gasteiger partial charge in [-0.05, 0) is 49.2 Å². The highest BCUT2D eigenvalue weighted by Gasteiger charge is 2.24. The summed E-state index contributed by atoms with van der Waals surface area (Å²) in [7, 11) is 0. The minimum Gasteiger partial charge on any atom is -0.456 e. The van der Waals surface area contributed by atoms with Crippen molar-refractivity contribution in [1.82, 2.24) is 0 Å². The first-order valence-electron chi connectivity index (χ1n) is 8.98. The van der Waals surface area contributed by atoms with Gasteiger partial charge in [-0.15, -0.1) is 11.8 Å². The number of nitrogens with one attached hydrogen (secondary N) is 1. The minimum atomic E-state index is -0.515. The van der Waals surface area contributed by atoms with Crippen LogP contribution in [0.5, 0.6) is 0 Å². The first kappa shape index (κ1) is 19.9. The Morgan fingerprint density at radius 3 is 2.61 bits per heavy atom. The second-order valence-corrected chi connectivity index (χ2v) is 7.65. The summed E-state index contributed by atoms with van der Waals surface area (Å²) in [5.74, 6) is -0.595. The Labute approximate surface area is 168 Å². The highest BCUT2D eigenvalue weighted by Crippen LogP contribution is 2.34. The number of nitrogens with zero attached hydrogens (tertiary/aromatic N) is 1. The lowest BCUT2D eigenvalue weighted by molar-refractivity contribution is -0.147. The van der Waals surface area contributed by atoms with Crippen LogP contribution >= 0.6 is 11.8 Å². The molecule has 0 bridgehead atoms. The smallest absolute Gasteiger partial charge is 0.308 e. The molecule has 0 atom stereocenters. The van der Waals surface area contributed by atoms with Gasteiger partial charge in [0.15, 0.2) is 6.61 Å². The van der Waals surface area contributed by atoms with E-state index in [0.29, 0.717) is 11.4 Å². The molecule has 0 aliphatic carbocycles. The molecule has 0 radical (unpaired) electrons. The molecule has 1 aliphatic heterocycles. The average molecular weight is 398 g/mol. The van der Waals surface area contributed by atoms with E-state index in [9.17, 15) is 14.4 Å². The van der Waals surface area contributed by atoms with E-state index in [4.69, 9.17) is 4.74 Å². The van der Waals surface area contributed by atoms with Crippen LogP contribution < -0.4 is 10.2 Å². The van der Waals surface area contributed by atoms with Gasteiger partial charge in [0.1, 0.15) is 0 Å². The van der Waals surface area contributed by atoms with Gasteiger partial charge in [-0.1, -0.05) is 18.2 Å².